The molecule has 1 saturated heterocycles. The highest BCUT2D eigenvalue weighted by atomic mass is 32.2. The van der Waals surface area contributed by atoms with Gasteiger partial charge in [-0.05, 0) is 19.1 Å². The molecule has 2 aromatic rings. The maximum atomic E-state index is 11.5. The van der Waals surface area contributed by atoms with E-state index < -0.39 is 0 Å². The summed E-state index contributed by atoms with van der Waals surface area (Å²) in [6.07, 6.45) is 0.814. The van der Waals surface area contributed by atoms with Crippen LogP contribution in [0.1, 0.15) is 13.3 Å². The highest BCUT2D eigenvalue weighted by Crippen LogP contribution is 2.36. The van der Waals surface area contributed by atoms with Crippen LogP contribution in [-0.2, 0) is 9.53 Å². The van der Waals surface area contributed by atoms with Gasteiger partial charge in [-0.2, -0.15) is 0 Å². The predicted octanol–water partition coefficient (Wildman–Crippen LogP) is 3.09. The third kappa shape index (κ3) is 2.17. The third-order valence-corrected chi connectivity index (χ3v) is 4.98. The van der Waals surface area contributed by atoms with E-state index in [1.54, 1.807) is 11.3 Å². The number of fused-ring (bicyclic) bond motifs is 1. The number of carbonyl (C=O) groups is 1. The minimum Gasteiger partial charge on any atom is -0.462 e. The lowest BCUT2D eigenvalue weighted by Gasteiger charge is -1.99. The number of hydrogen-bond donors (Lipinski definition) is 0. The molecule has 3 nitrogen and oxygen atoms in total. The molecular formula is C12H11NO2S2. The fourth-order valence-corrected chi connectivity index (χ4v) is 4.26. The van der Waals surface area contributed by atoms with Gasteiger partial charge in [-0.1, -0.05) is 23.9 Å². The van der Waals surface area contributed by atoms with E-state index in [-0.39, 0.29) is 17.3 Å². The monoisotopic (exact) mass is 265 g/mol. The Hall–Kier alpha value is -1.07. The Balaban J connectivity index is 1.83. The first-order chi connectivity index (χ1) is 8.22. The first-order valence-corrected chi connectivity index (χ1v) is 7.15. The van der Waals surface area contributed by atoms with Crippen molar-refractivity contribution in [1.82, 2.24) is 4.98 Å². The number of thioether (sulfide) groups is 1. The average molecular weight is 265 g/mol. The van der Waals surface area contributed by atoms with Crippen molar-refractivity contribution in [1.29, 1.82) is 0 Å². The van der Waals surface area contributed by atoms with Crippen molar-refractivity contribution >= 4 is 39.3 Å². The van der Waals surface area contributed by atoms with Crippen LogP contribution < -0.4 is 0 Å². The Bertz CT molecular complexity index is 533. The number of esters is 1. The maximum absolute atomic E-state index is 11.5. The summed E-state index contributed by atoms with van der Waals surface area (Å²) in [5.74, 6) is -0.109. The molecule has 0 aliphatic carbocycles. The molecule has 0 amide bonds. The zero-order valence-electron chi connectivity index (χ0n) is 9.25. The van der Waals surface area contributed by atoms with E-state index in [0.717, 1.165) is 21.0 Å². The second kappa shape index (κ2) is 4.31. The molecule has 1 aromatic heterocycles. The Labute approximate surface area is 107 Å². The quantitative estimate of drug-likeness (QED) is 0.782. The van der Waals surface area contributed by atoms with Gasteiger partial charge in [0.2, 0.25) is 0 Å². The predicted molar refractivity (Wildman–Crippen MR) is 69.4 cm³/mol. The summed E-state index contributed by atoms with van der Waals surface area (Å²) < 4.78 is 7.25. The maximum Gasteiger partial charge on any atom is 0.319 e. The van der Waals surface area contributed by atoms with Crippen LogP contribution in [0, 0.1) is 0 Å². The summed E-state index contributed by atoms with van der Waals surface area (Å²) >= 11 is 3.15. The van der Waals surface area contributed by atoms with Gasteiger partial charge in [0.1, 0.15) is 11.4 Å². The minimum absolute atomic E-state index is 0.0365. The molecule has 0 unspecified atom stereocenters. The average Bonchev–Trinajstić information content (AvgIpc) is 2.82. The fraction of sp³-hybridized carbons (Fsp3) is 0.333. The molecule has 2 atom stereocenters. The van der Waals surface area contributed by atoms with Crippen molar-refractivity contribution in [3.8, 4) is 0 Å². The zero-order chi connectivity index (χ0) is 11.8. The van der Waals surface area contributed by atoms with E-state index in [1.165, 1.54) is 11.8 Å². The Morgan fingerprint density at radius 3 is 3.00 bits per heavy atom. The van der Waals surface area contributed by atoms with Crippen LogP contribution in [-0.4, -0.2) is 22.3 Å². The lowest BCUT2D eigenvalue weighted by atomic mass is 10.3. The van der Waals surface area contributed by atoms with E-state index in [4.69, 9.17) is 4.74 Å². The van der Waals surface area contributed by atoms with Crippen molar-refractivity contribution < 1.29 is 9.53 Å². The van der Waals surface area contributed by atoms with Crippen molar-refractivity contribution in [2.75, 3.05) is 0 Å². The van der Waals surface area contributed by atoms with Crippen molar-refractivity contribution in [2.45, 2.75) is 29.0 Å². The number of ether oxygens (including phenoxy) is 1. The van der Waals surface area contributed by atoms with Gasteiger partial charge in [-0.3, -0.25) is 4.79 Å². The summed E-state index contributed by atoms with van der Waals surface area (Å²) in [6, 6.07) is 8.02. The van der Waals surface area contributed by atoms with Crippen LogP contribution in [0.4, 0.5) is 0 Å². The summed E-state index contributed by atoms with van der Waals surface area (Å²) in [4.78, 5) is 16.0. The normalized spacial score (nSPS) is 24.2. The van der Waals surface area contributed by atoms with E-state index >= 15 is 0 Å². The fourth-order valence-electron chi connectivity index (χ4n) is 1.84. The van der Waals surface area contributed by atoms with E-state index in [0.29, 0.717) is 0 Å². The molecular weight excluding hydrogens is 254 g/mol. The molecule has 5 heteroatoms. The third-order valence-electron chi connectivity index (χ3n) is 2.64. The number of hydrogen-bond acceptors (Lipinski definition) is 5. The molecule has 88 valence electrons. The highest BCUT2D eigenvalue weighted by molar-refractivity contribution is 8.02. The SMILES string of the molecule is C[C@H]1C[C@H](Sc2nc3ccccc3s2)C(=O)O1. The first-order valence-electron chi connectivity index (χ1n) is 5.45. The Kier molecular flexibility index (Phi) is 2.80. The number of cyclic esters (lactones) is 1. The van der Waals surface area contributed by atoms with Crippen molar-refractivity contribution in [3.63, 3.8) is 0 Å². The topological polar surface area (TPSA) is 39.2 Å². The summed E-state index contributed by atoms with van der Waals surface area (Å²) in [7, 11) is 0. The number of carbonyl (C=O) groups excluding carboxylic acids is 1. The van der Waals surface area contributed by atoms with Crippen molar-refractivity contribution in [2.24, 2.45) is 0 Å². The van der Waals surface area contributed by atoms with E-state index in [1.807, 2.05) is 31.2 Å². The van der Waals surface area contributed by atoms with Gasteiger partial charge in [-0.15, -0.1) is 11.3 Å². The largest absolute Gasteiger partial charge is 0.462 e. The molecule has 1 aliphatic heterocycles. The molecule has 0 bridgehead atoms. The van der Waals surface area contributed by atoms with Crippen molar-refractivity contribution in [3.05, 3.63) is 24.3 Å². The van der Waals surface area contributed by atoms with Gasteiger partial charge in [0.05, 0.1) is 10.2 Å². The zero-order valence-corrected chi connectivity index (χ0v) is 10.9. The van der Waals surface area contributed by atoms with Gasteiger partial charge in [-0.25, -0.2) is 4.98 Å². The number of nitrogens with zero attached hydrogens (tertiary/aromatic N) is 1. The molecule has 17 heavy (non-hydrogen) atoms. The van der Waals surface area contributed by atoms with Gasteiger partial charge in [0.25, 0.3) is 0 Å². The van der Waals surface area contributed by atoms with Gasteiger partial charge in [0.15, 0.2) is 4.34 Å². The van der Waals surface area contributed by atoms with Crippen LogP contribution in [0.25, 0.3) is 10.2 Å². The smallest absolute Gasteiger partial charge is 0.319 e. The number of rotatable bonds is 2. The van der Waals surface area contributed by atoms with Gasteiger partial charge < -0.3 is 4.74 Å². The summed E-state index contributed by atoms with van der Waals surface area (Å²) in [5, 5.41) is -0.0921. The second-order valence-electron chi connectivity index (χ2n) is 4.04. The first kappa shape index (κ1) is 11.0. The number of aromatic nitrogens is 1. The molecule has 0 spiro atoms. The van der Waals surface area contributed by atoms with Crippen LogP contribution in [0.5, 0.6) is 0 Å². The molecule has 3 rings (SSSR count). The number of thiazole rings is 1. The van der Waals surface area contributed by atoms with Crippen LogP contribution in [0.2, 0.25) is 0 Å². The minimum atomic E-state index is -0.109. The van der Waals surface area contributed by atoms with Crippen LogP contribution in [0.3, 0.4) is 0 Å². The number of para-hydroxylation sites is 1. The van der Waals surface area contributed by atoms with Gasteiger partial charge in [0, 0.05) is 6.42 Å². The molecule has 1 aromatic carbocycles. The molecule has 0 radical (unpaired) electrons. The van der Waals surface area contributed by atoms with Crippen LogP contribution in [0.15, 0.2) is 28.6 Å². The lowest BCUT2D eigenvalue weighted by Crippen LogP contribution is -2.08. The molecule has 1 aliphatic rings. The Morgan fingerprint density at radius 2 is 2.29 bits per heavy atom. The molecule has 2 heterocycles. The van der Waals surface area contributed by atoms with Crippen LogP contribution >= 0.6 is 23.1 Å². The molecule has 0 saturated carbocycles. The molecule has 1 fully saturated rings. The Morgan fingerprint density at radius 1 is 1.47 bits per heavy atom. The summed E-state index contributed by atoms with van der Waals surface area (Å²) in [6.45, 7) is 1.93. The lowest BCUT2D eigenvalue weighted by molar-refractivity contribution is -0.140. The standard InChI is InChI=1S/C12H11NO2S2/c1-7-6-10(11(14)15-7)17-12-13-8-4-2-3-5-9(8)16-12/h2-5,7,10H,6H2,1H3/t7-,10-/m0/s1. The summed E-state index contributed by atoms with van der Waals surface area (Å²) in [5.41, 5.74) is 0.999. The van der Waals surface area contributed by atoms with E-state index in [9.17, 15) is 4.79 Å². The van der Waals surface area contributed by atoms with Gasteiger partial charge >= 0.3 is 5.97 Å². The number of benzene rings is 1. The highest BCUT2D eigenvalue weighted by Gasteiger charge is 2.33. The molecule has 0 N–H and O–H groups in total. The van der Waals surface area contributed by atoms with E-state index in [2.05, 4.69) is 4.98 Å². The second-order valence-corrected chi connectivity index (χ2v) is 6.52.